The zero-order chi connectivity index (χ0) is 15.8. The average Bonchev–Trinajstić information content (AvgIpc) is 2.88. The Hall–Kier alpha value is -1.83. The van der Waals surface area contributed by atoms with Crippen LogP contribution in [0.3, 0.4) is 0 Å². The number of rotatable bonds is 8. The Balaban J connectivity index is 2.36. The van der Waals surface area contributed by atoms with Gasteiger partial charge in [0.05, 0.1) is 0 Å². The van der Waals surface area contributed by atoms with Crippen molar-refractivity contribution in [3.8, 4) is 0 Å². The van der Waals surface area contributed by atoms with Gasteiger partial charge in [0.25, 0.3) is 0 Å². The second-order valence-corrected chi connectivity index (χ2v) is 5.17. The molecule has 21 heavy (non-hydrogen) atoms. The lowest BCUT2D eigenvalue weighted by atomic mass is 10.1. The molecule has 0 aliphatic carbocycles. The molecule has 8 heteroatoms. The van der Waals surface area contributed by atoms with Crippen molar-refractivity contribution in [1.29, 1.82) is 0 Å². The van der Waals surface area contributed by atoms with Crippen LogP contribution in [0.15, 0.2) is 0 Å². The molecule has 1 rings (SSSR count). The molecule has 0 spiro atoms. The first-order valence-corrected chi connectivity index (χ1v) is 7.23. The third-order valence-corrected chi connectivity index (χ3v) is 3.69. The minimum absolute atomic E-state index is 0.0113. The van der Waals surface area contributed by atoms with E-state index in [1.807, 2.05) is 0 Å². The summed E-state index contributed by atoms with van der Waals surface area (Å²) in [7, 11) is 0. The fourth-order valence-electron chi connectivity index (χ4n) is 2.51. The molecular weight excluding hydrogens is 276 g/mol. The summed E-state index contributed by atoms with van der Waals surface area (Å²) in [6.45, 7) is 4.52. The molecule has 1 aliphatic heterocycles. The van der Waals surface area contributed by atoms with Crippen molar-refractivity contribution in [2.45, 2.75) is 44.7 Å². The summed E-state index contributed by atoms with van der Waals surface area (Å²) in [5.41, 5.74) is 4.98. The van der Waals surface area contributed by atoms with E-state index >= 15 is 0 Å². The lowest BCUT2D eigenvalue weighted by molar-refractivity contribution is -0.139. The van der Waals surface area contributed by atoms with E-state index in [1.54, 1.807) is 0 Å². The van der Waals surface area contributed by atoms with Gasteiger partial charge in [-0.15, -0.1) is 0 Å². The topological polar surface area (TPSA) is 125 Å². The van der Waals surface area contributed by atoms with Crippen molar-refractivity contribution in [2.75, 3.05) is 19.6 Å². The fraction of sp³-hybridized carbons (Fsp3) is 0.769. The second-order valence-electron chi connectivity index (χ2n) is 5.17. The van der Waals surface area contributed by atoms with Gasteiger partial charge in [0.15, 0.2) is 0 Å². The number of hydrogen-bond donors (Lipinski definition) is 4. The number of aliphatic carboxylic acids is 1. The molecule has 1 saturated heterocycles. The highest BCUT2D eigenvalue weighted by atomic mass is 16.4. The Kier molecular flexibility index (Phi) is 6.93. The molecule has 3 amide bonds. The predicted octanol–water partition coefficient (Wildman–Crippen LogP) is -0.511. The monoisotopic (exact) mass is 300 g/mol. The van der Waals surface area contributed by atoms with Crippen LogP contribution in [0.4, 0.5) is 4.79 Å². The highest BCUT2D eigenvalue weighted by molar-refractivity contribution is 5.83. The van der Waals surface area contributed by atoms with E-state index < -0.39 is 23.9 Å². The maximum atomic E-state index is 11.7. The molecule has 1 fully saturated rings. The number of urea groups is 1. The number of nitrogens with two attached hydrogens (primary N) is 1. The molecule has 0 bridgehead atoms. The molecule has 0 aromatic rings. The van der Waals surface area contributed by atoms with Crippen molar-refractivity contribution in [3.63, 3.8) is 0 Å². The Morgan fingerprint density at radius 1 is 1.43 bits per heavy atom. The molecule has 2 unspecified atom stereocenters. The maximum absolute atomic E-state index is 11.7. The van der Waals surface area contributed by atoms with Gasteiger partial charge < -0.3 is 21.5 Å². The van der Waals surface area contributed by atoms with E-state index in [0.29, 0.717) is 12.6 Å². The van der Waals surface area contributed by atoms with Gasteiger partial charge in [-0.2, -0.15) is 0 Å². The Bertz CT molecular complexity index is 388. The number of carboxylic acid groups (broad SMARTS) is 1. The van der Waals surface area contributed by atoms with Crippen LogP contribution in [-0.4, -0.2) is 59.6 Å². The van der Waals surface area contributed by atoms with Gasteiger partial charge in [-0.05, 0) is 32.4 Å². The summed E-state index contributed by atoms with van der Waals surface area (Å²) in [4.78, 5) is 35.7. The predicted molar refractivity (Wildman–Crippen MR) is 76.7 cm³/mol. The SMILES string of the molecule is CCN1CCCC1CNC(=O)NC(CCC(N)=O)C(=O)O. The number of carboxylic acids is 1. The smallest absolute Gasteiger partial charge is 0.326 e. The number of carbonyl (C=O) groups excluding carboxylic acids is 2. The molecule has 8 nitrogen and oxygen atoms in total. The van der Waals surface area contributed by atoms with Gasteiger partial charge in [0.1, 0.15) is 6.04 Å². The minimum atomic E-state index is -1.18. The third kappa shape index (κ3) is 5.99. The zero-order valence-corrected chi connectivity index (χ0v) is 12.3. The lowest BCUT2D eigenvalue weighted by Crippen LogP contribution is -2.49. The standard InChI is InChI=1S/C13H24N4O4/c1-2-17-7-3-4-9(17)8-15-13(21)16-10(12(19)20)5-6-11(14)18/h9-10H,2-8H2,1H3,(H2,14,18)(H,19,20)(H2,15,16,21). The molecule has 1 aliphatic rings. The Morgan fingerprint density at radius 3 is 2.71 bits per heavy atom. The van der Waals surface area contributed by atoms with Crippen LogP contribution in [0.25, 0.3) is 0 Å². The number of nitrogens with one attached hydrogen (secondary N) is 2. The number of nitrogens with zero attached hydrogens (tertiary/aromatic N) is 1. The first-order chi connectivity index (χ1) is 9.93. The van der Waals surface area contributed by atoms with Crippen LogP contribution in [0, 0.1) is 0 Å². The van der Waals surface area contributed by atoms with E-state index in [9.17, 15) is 14.4 Å². The number of amides is 3. The summed E-state index contributed by atoms with van der Waals surface area (Å²) >= 11 is 0. The van der Waals surface area contributed by atoms with Crippen LogP contribution in [0.2, 0.25) is 0 Å². The maximum Gasteiger partial charge on any atom is 0.326 e. The molecule has 120 valence electrons. The normalized spacial score (nSPS) is 20.0. The van der Waals surface area contributed by atoms with Crippen molar-refractivity contribution >= 4 is 17.9 Å². The van der Waals surface area contributed by atoms with Crippen LogP contribution in [-0.2, 0) is 9.59 Å². The van der Waals surface area contributed by atoms with E-state index in [2.05, 4.69) is 22.5 Å². The second kappa shape index (κ2) is 8.46. The molecule has 2 atom stereocenters. The minimum Gasteiger partial charge on any atom is -0.480 e. The van der Waals surface area contributed by atoms with Gasteiger partial charge in [0.2, 0.25) is 5.91 Å². The van der Waals surface area contributed by atoms with E-state index in [0.717, 1.165) is 25.9 Å². The number of primary amides is 1. The van der Waals surface area contributed by atoms with Gasteiger partial charge >= 0.3 is 12.0 Å². The molecule has 0 aromatic heterocycles. The number of likely N-dealkylation sites (N-methyl/N-ethyl adjacent to an activating group) is 1. The summed E-state index contributed by atoms with van der Waals surface area (Å²) < 4.78 is 0. The largest absolute Gasteiger partial charge is 0.480 e. The quantitative estimate of drug-likeness (QED) is 0.480. The number of hydrogen-bond acceptors (Lipinski definition) is 4. The fourth-order valence-corrected chi connectivity index (χ4v) is 2.51. The van der Waals surface area contributed by atoms with Crippen molar-refractivity contribution in [1.82, 2.24) is 15.5 Å². The Morgan fingerprint density at radius 2 is 2.14 bits per heavy atom. The molecule has 0 radical (unpaired) electrons. The van der Waals surface area contributed by atoms with E-state index in [4.69, 9.17) is 10.8 Å². The number of carbonyl (C=O) groups is 3. The first-order valence-electron chi connectivity index (χ1n) is 7.23. The first kappa shape index (κ1) is 17.2. The molecule has 1 heterocycles. The molecule has 0 saturated carbocycles. The van der Waals surface area contributed by atoms with Crippen molar-refractivity contribution in [2.24, 2.45) is 5.73 Å². The zero-order valence-electron chi connectivity index (χ0n) is 12.3. The lowest BCUT2D eigenvalue weighted by Gasteiger charge is -2.23. The summed E-state index contributed by atoms with van der Waals surface area (Å²) in [5.74, 6) is -1.77. The average molecular weight is 300 g/mol. The van der Waals surface area contributed by atoms with Crippen LogP contribution in [0.5, 0.6) is 0 Å². The van der Waals surface area contributed by atoms with Crippen molar-refractivity contribution in [3.05, 3.63) is 0 Å². The summed E-state index contributed by atoms with van der Waals surface area (Å²) in [6.07, 6.45) is 2.04. The van der Waals surface area contributed by atoms with E-state index in [-0.39, 0.29) is 12.8 Å². The van der Waals surface area contributed by atoms with Gasteiger partial charge in [-0.25, -0.2) is 9.59 Å². The summed E-state index contributed by atoms with van der Waals surface area (Å²) in [5, 5.41) is 14.0. The van der Waals surface area contributed by atoms with Crippen LogP contribution in [0.1, 0.15) is 32.6 Å². The molecular formula is C13H24N4O4. The van der Waals surface area contributed by atoms with Gasteiger partial charge in [-0.1, -0.05) is 6.92 Å². The molecule has 5 N–H and O–H groups in total. The third-order valence-electron chi connectivity index (χ3n) is 3.69. The van der Waals surface area contributed by atoms with Crippen LogP contribution < -0.4 is 16.4 Å². The number of likely N-dealkylation sites (tertiary alicyclic amines) is 1. The molecule has 0 aromatic carbocycles. The highest BCUT2D eigenvalue weighted by Crippen LogP contribution is 2.15. The highest BCUT2D eigenvalue weighted by Gasteiger charge is 2.24. The van der Waals surface area contributed by atoms with E-state index in [1.165, 1.54) is 0 Å². The van der Waals surface area contributed by atoms with Gasteiger partial charge in [-0.3, -0.25) is 9.69 Å². The Labute approximate surface area is 124 Å². The summed E-state index contributed by atoms with van der Waals surface area (Å²) in [6, 6.07) is -1.34. The van der Waals surface area contributed by atoms with Gasteiger partial charge in [0, 0.05) is 19.0 Å². The van der Waals surface area contributed by atoms with Crippen LogP contribution >= 0.6 is 0 Å². The van der Waals surface area contributed by atoms with Crippen molar-refractivity contribution < 1.29 is 19.5 Å².